The standard InChI is InChI=1S/C7H12N2O2S/c1-3-12(11)5-6-4-7(10)9(2)8-6/h4,10H,3,5H2,1-2H3. The average molecular weight is 188 g/mol. The van der Waals surface area contributed by atoms with Crippen LogP contribution in [0.15, 0.2) is 6.07 Å². The maximum absolute atomic E-state index is 11.1. The van der Waals surface area contributed by atoms with E-state index in [0.29, 0.717) is 17.2 Å². The highest BCUT2D eigenvalue weighted by Gasteiger charge is 2.09. The highest BCUT2D eigenvalue weighted by Crippen LogP contribution is 2.11. The summed E-state index contributed by atoms with van der Waals surface area (Å²) in [6.45, 7) is 1.86. The van der Waals surface area contributed by atoms with Crippen molar-refractivity contribution in [2.45, 2.75) is 12.7 Å². The Labute approximate surface area is 74.4 Å². The minimum Gasteiger partial charge on any atom is -0.616 e. The Kier molecular flexibility index (Phi) is 2.99. The van der Waals surface area contributed by atoms with E-state index in [2.05, 4.69) is 5.10 Å². The summed E-state index contributed by atoms with van der Waals surface area (Å²) in [6, 6.07) is 1.54. The molecule has 1 rings (SSSR count). The molecule has 0 radical (unpaired) electrons. The van der Waals surface area contributed by atoms with Crippen molar-refractivity contribution in [3.05, 3.63) is 11.8 Å². The van der Waals surface area contributed by atoms with Gasteiger partial charge in [-0.3, -0.25) is 0 Å². The minimum absolute atomic E-state index is 0.109. The summed E-state index contributed by atoms with van der Waals surface area (Å²) in [5.74, 6) is 1.15. The fraction of sp³-hybridized carbons (Fsp3) is 0.571. The molecule has 12 heavy (non-hydrogen) atoms. The van der Waals surface area contributed by atoms with Gasteiger partial charge in [-0.2, -0.15) is 5.10 Å². The lowest BCUT2D eigenvalue weighted by Gasteiger charge is -2.04. The quantitative estimate of drug-likeness (QED) is 0.698. The van der Waals surface area contributed by atoms with E-state index in [1.54, 1.807) is 7.05 Å². The van der Waals surface area contributed by atoms with Crippen LogP contribution in [0, 0.1) is 0 Å². The molecule has 0 spiro atoms. The van der Waals surface area contributed by atoms with Gasteiger partial charge in [-0.05, 0) is 18.1 Å². The van der Waals surface area contributed by atoms with Gasteiger partial charge in [-0.25, -0.2) is 4.68 Å². The van der Waals surface area contributed by atoms with Gasteiger partial charge in [0.1, 0.15) is 17.2 Å². The van der Waals surface area contributed by atoms with Crippen molar-refractivity contribution in [3.8, 4) is 5.88 Å². The summed E-state index contributed by atoms with van der Waals surface area (Å²) in [6.07, 6.45) is 0. The van der Waals surface area contributed by atoms with Crippen molar-refractivity contribution >= 4 is 11.2 Å². The molecule has 1 aromatic heterocycles. The molecule has 0 amide bonds. The lowest BCUT2D eigenvalue weighted by atomic mass is 10.5. The monoisotopic (exact) mass is 188 g/mol. The molecule has 1 heterocycles. The predicted molar refractivity (Wildman–Crippen MR) is 47.3 cm³/mol. The van der Waals surface area contributed by atoms with Gasteiger partial charge < -0.3 is 9.66 Å². The normalized spacial score (nSPS) is 13.2. The molecule has 1 atom stereocenters. The number of hydrogen-bond acceptors (Lipinski definition) is 3. The number of rotatable bonds is 3. The maximum atomic E-state index is 11.1. The van der Waals surface area contributed by atoms with E-state index in [4.69, 9.17) is 5.11 Å². The first-order valence-corrected chi connectivity index (χ1v) is 5.19. The van der Waals surface area contributed by atoms with Crippen LogP contribution in [0.1, 0.15) is 12.6 Å². The first-order valence-electron chi connectivity index (χ1n) is 3.70. The van der Waals surface area contributed by atoms with Gasteiger partial charge in [0.25, 0.3) is 0 Å². The van der Waals surface area contributed by atoms with E-state index >= 15 is 0 Å². The Morgan fingerprint density at radius 2 is 2.42 bits per heavy atom. The van der Waals surface area contributed by atoms with Crippen LogP contribution in [0.4, 0.5) is 0 Å². The van der Waals surface area contributed by atoms with Crippen LogP contribution in [0.5, 0.6) is 5.88 Å². The van der Waals surface area contributed by atoms with Crippen LogP contribution >= 0.6 is 0 Å². The van der Waals surface area contributed by atoms with E-state index in [0.717, 1.165) is 0 Å². The second kappa shape index (κ2) is 3.82. The van der Waals surface area contributed by atoms with E-state index < -0.39 is 11.2 Å². The SMILES string of the molecule is CC[S+]([O-])Cc1cc(O)n(C)n1. The van der Waals surface area contributed by atoms with E-state index in [1.165, 1.54) is 10.7 Å². The van der Waals surface area contributed by atoms with Gasteiger partial charge in [-0.1, -0.05) is 0 Å². The van der Waals surface area contributed by atoms with E-state index in [1.807, 2.05) is 6.92 Å². The average Bonchev–Trinajstić information content (AvgIpc) is 2.31. The number of nitrogens with zero attached hydrogens (tertiary/aromatic N) is 2. The largest absolute Gasteiger partial charge is 0.616 e. The van der Waals surface area contributed by atoms with Gasteiger partial charge in [0, 0.05) is 13.1 Å². The highest BCUT2D eigenvalue weighted by molar-refractivity contribution is 7.90. The molecular formula is C7H12N2O2S. The van der Waals surface area contributed by atoms with Crippen LogP contribution < -0.4 is 0 Å². The van der Waals surface area contributed by atoms with Crippen molar-refractivity contribution in [2.24, 2.45) is 7.05 Å². The van der Waals surface area contributed by atoms with Gasteiger partial charge in [-0.15, -0.1) is 0 Å². The topological polar surface area (TPSA) is 61.1 Å². The third-order valence-electron chi connectivity index (χ3n) is 1.54. The number of aromatic hydroxyl groups is 1. The van der Waals surface area contributed by atoms with Crippen LogP contribution in [0.3, 0.4) is 0 Å². The predicted octanol–water partition coefficient (Wildman–Crippen LogP) is 0.394. The molecule has 0 bridgehead atoms. The molecule has 0 aliphatic rings. The van der Waals surface area contributed by atoms with E-state index in [9.17, 15) is 4.55 Å². The molecule has 68 valence electrons. The molecule has 0 aliphatic heterocycles. The first-order chi connectivity index (χ1) is 5.63. The molecular weight excluding hydrogens is 176 g/mol. The molecule has 4 nitrogen and oxygen atoms in total. The second-order valence-electron chi connectivity index (χ2n) is 2.49. The molecule has 0 saturated heterocycles. The summed E-state index contributed by atoms with van der Waals surface area (Å²) < 4.78 is 12.4. The van der Waals surface area contributed by atoms with Crippen molar-refractivity contribution in [2.75, 3.05) is 5.75 Å². The summed E-state index contributed by atoms with van der Waals surface area (Å²) >= 11 is -0.860. The molecule has 1 N–H and O–H groups in total. The van der Waals surface area contributed by atoms with Gasteiger partial charge in [0.05, 0.1) is 0 Å². The molecule has 5 heteroatoms. The lowest BCUT2D eigenvalue weighted by molar-refractivity contribution is 0.419. The molecule has 0 saturated carbocycles. The molecule has 1 unspecified atom stereocenters. The summed E-state index contributed by atoms with van der Waals surface area (Å²) in [4.78, 5) is 0. The van der Waals surface area contributed by atoms with Crippen molar-refractivity contribution in [1.29, 1.82) is 0 Å². The lowest BCUT2D eigenvalue weighted by Crippen LogP contribution is -2.07. The van der Waals surface area contributed by atoms with Gasteiger partial charge in [0.15, 0.2) is 0 Å². The number of aryl methyl sites for hydroxylation is 1. The zero-order chi connectivity index (χ0) is 9.14. The minimum atomic E-state index is -0.860. The fourth-order valence-corrected chi connectivity index (χ4v) is 1.53. The Bertz CT molecular complexity index is 242. The highest BCUT2D eigenvalue weighted by atomic mass is 32.2. The zero-order valence-corrected chi connectivity index (χ0v) is 7.97. The van der Waals surface area contributed by atoms with E-state index in [-0.39, 0.29) is 5.88 Å². The Hall–Kier alpha value is -0.680. The summed E-state index contributed by atoms with van der Waals surface area (Å²) in [5, 5.41) is 13.1. The summed E-state index contributed by atoms with van der Waals surface area (Å²) in [5.41, 5.74) is 0.676. The second-order valence-corrected chi connectivity index (χ2v) is 4.24. The molecule has 0 aliphatic carbocycles. The van der Waals surface area contributed by atoms with Gasteiger partial charge >= 0.3 is 0 Å². The molecule has 0 fully saturated rings. The van der Waals surface area contributed by atoms with Crippen LogP contribution in [-0.4, -0.2) is 25.2 Å². The smallest absolute Gasteiger partial charge is 0.209 e. The van der Waals surface area contributed by atoms with Crippen molar-refractivity contribution < 1.29 is 9.66 Å². The van der Waals surface area contributed by atoms with Crippen molar-refractivity contribution in [3.63, 3.8) is 0 Å². The first kappa shape index (κ1) is 9.41. The fourth-order valence-electron chi connectivity index (χ4n) is 0.853. The van der Waals surface area contributed by atoms with Crippen LogP contribution in [0.25, 0.3) is 0 Å². The third kappa shape index (κ3) is 2.15. The molecule has 0 aromatic carbocycles. The van der Waals surface area contributed by atoms with Gasteiger partial charge in [0.2, 0.25) is 5.88 Å². The van der Waals surface area contributed by atoms with Crippen LogP contribution in [-0.2, 0) is 24.0 Å². The Morgan fingerprint density at radius 3 is 2.83 bits per heavy atom. The Morgan fingerprint density at radius 1 is 1.75 bits per heavy atom. The summed E-state index contributed by atoms with van der Waals surface area (Å²) in [7, 11) is 1.65. The molecule has 1 aromatic rings. The maximum Gasteiger partial charge on any atom is 0.209 e. The zero-order valence-electron chi connectivity index (χ0n) is 7.15. The third-order valence-corrected chi connectivity index (χ3v) is 2.80. The number of aromatic nitrogens is 2. The van der Waals surface area contributed by atoms with Crippen molar-refractivity contribution in [1.82, 2.24) is 9.78 Å². The number of hydrogen-bond donors (Lipinski definition) is 1. The van der Waals surface area contributed by atoms with Crippen LogP contribution in [0.2, 0.25) is 0 Å². The Balaban J connectivity index is 2.64.